The molecule has 3 heterocycles. The summed E-state index contributed by atoms with van der Waals surface area (Å²) >= 11 is 1.62. The van der Waals surface area contributed by atoms with Crippen LogP contribution < -0.4 is 4.90 Å². The van der Waals surface area contributed by atoms with Gasteiger partial charge in [-0.1, -0.05) is 32.1 Å². The number of benzene rings is 1. The van der Waals surface area contributed by atoms with Crippen molar-refractivity contribution in [2.24, 2.45) is 17.8 Å². The van der Waals surface area contributed by atoms with E-state index in [1.165, 1.54) is 0 Å². The number of hydrogen-bond donors (Lipinski definition) is 1. The van der Waals surface area contributed by atoms with Crippen LogP contribution in [0, 0.1) is 31.6 Å². The van der Waals surface area contributed by atoms with Crippen LogP contribution in [0.1, 0.15) is 44.7 Å². The molecule has 3 aliphatic rings. The topological polar surface area (TPSA) is 87.2 Å². The van der Waals surface area contributed by atoms with Gasteiger partial charge in [0.1, 0.15) is 6.04 Å². The molecule has 2 bridgehead atoms. The summed E-state index contributed by atoms with van der Waals surface area (Å²) in [5.74, 6) is -2.03. The fourth-order valence-corrected chi connectivity index (χ4v) is 8.64. The van der Waals surface area contributed by atoms with Gasteiger partial charge in [0.05, 0.1) is 35.8 Å². The molecule has 6 atom stereocenters. The first-order chi connectivity index (χ1) is 17.1. The molecule has 1 N–H and O–H groups in total. The average molecular weight is 515 g/mol. The standard InChI is InChI=1S/C28H38N2O5S/c1-7-13-29(19-14-17(5)9-10-18(19)6)26(33)24-28-12-11-21(36-28)22(27(34)35-8-2)23(28)25(32)30(24)20(15-31)16(3)4/h7,9-10,14,16,20-24,31H,1,8,11-13,15H2,2-6H3/t20-,21+,22-,23-,24?,28?/m0/s1. The summed E-state index contributed by atoms with van der Waals surface area (Å²) in [5, 5.41) is 10.3. The molecule has 0 aliphatic carbocycles. The fraction of sp³-hybridized carbons (Fsp3) is 0.607. The number of amides is 2. The summed E-state index contributed by atoms with van der Waals surface area (Å²) in [6.45, 7) is 13.8. The van der Waals surface area contributed by atoms with Crippen molar-refractivity contribution in [3.05, 3.63) is 42.0 Å². The number of carbonyl (C=O) groups excluding carboxylic acids is 3. The molecular formula is C28H38N2O5S. The second-order valence-electron chi connectivity index (χ2n) is 10.6. The number of esters is 1. The first-order valence-corrected chi connectivity index (χ1v) is 13.8. The van der Waals surface area contributed by atoms with Crippen molar-refractivity contribution in [3.8, 4) is 0 Å². The van der Waals surface area contributed by atoms with Crippen LogP contribution in [0.2, 0.25) is 0 Å². The smallest absolute Gasteiger partial charge is 0.310 e. The zero-order valence-electron chi connectivity index (χ0n) is 21.9. The first-order valence-electron chi connectivity index (χ1n) is 12.9. The Morgan fingerprint density at radius 1 is 1.36 bits per heavy atom. The van der Waals surface area contributed by atoms with Crippen molar-refractivity contribution < 1.29 is 24.2 Å². The highest BCUT2D eigenvalue weighted by Gasteiger charge is 2.75. The molecule has 196 valence electrons. The number of thioether (sulfide) groups is 1. The molecule has 3 saturated heterocycles. The predicted molar refractivity (Wildman–Crippen MR) is 142 cm³/mol. The first kappa shape index (κ1) is 26.7. The third-order valence-electron chi connectivity index (χ3n) is 8.08. The Kier molecular flexibility index (Phi) is 7.58. The van der Waals surface area contributed by atoms with Crippen LogP contribution in [0.3, 0.4) is 0 Å². The lowest BCUT2D eigenvalue weighted by Gasteiger charge is -2.41. The molecule has 1 aromatic rings. The number of anilines is 1. The normalized spacial score (nSPS) is 29.4. The second-order valence-corrected chi connectivity index (χ2v) is 12.2. The van der Waals surface area contributed by atoms with Crippen LogP contribution in [-0.2, 0) is 19.1 Å². The van der Waals surface area contributed by atoms with Crippen molar-refractivity contribution in [1.82, 2.24) is 4.90 Å². The van der Waals surface area contributed by atoms with Crippen molar-refractivity contribution in [3.63, 3.8) is 0 Å². The second kappa shape index (κ2) is 10.2. The van der Waals surface area contributed by atoms with E-state index in [-0.39, 0.29) is 42.2 Å². The van der Waals surface area contributed by atoms with Crippen LogP contribution >= 0.6 is 11.8 Å². The summed E-state index contributed by atoms with van der Waals surface area (Å²) in [6, 6.07) is 4.67. The lowest BCUT2D eigenvalue weighted by Crippen LogP contribution is -2.58. The number of aliphatic hydroxyl groups is 1. The van der Waals surface area contributed by atoms with E-state index in [1.54, 1.807) is 34.6 Å². The van der Waals surface area contributed by atoms with Gasteiger partial charge in [0.2, 0.25) is 5.91 Å². The van der Waals surface area contributed by atoms with Gasteiger partial charge in [-0.2, -0.15) is 0 Å². The highest BCUT2D eigenvalue weighted by Crippen LogP contribution is 2.67. The third-order valence-corrected chi connectivity index (χ3v) is 10.0. The Morgan fingerprint density at radius 3 is 2.69 bits per heavy atom. The van der Waals surface area contributed by atoms with Crippen LogP contribution in [0.5, 0.6) is 0 Å². The fourth-order valence-electron chi connectivity index (χ4n) is 6.45. The molecule has 7 nitrogen and oxygen atoms in total. The Hall–Kier alpha value is -2.32. The highest BCUT2D eigenvalue weighted by molar-refractivity contribution is 8.02. The number of aliphatic hydroxyl groups excluding tert-OH is 1. The van der Waals surface area contributed by atoms with Gasteiger partial charge in [-0.25, -0.2) is 0 Å². The molecule has 2 amide bonds. The van der Waals surface area contributed by atoms with E-state index >= 15 is 0 Å². The summed E-state index contributed by atoms with van der Waals surface area (Å²) in [4.78, 5) is 45.1. The Morgan fingerprint density at radius 2 is 2.08 bits per heavy atom. The zero-order chi connectivity index (χ0) is 26.4. The van der Waals surface area contributed by atoms with Gasteiger partial charge < -0.3 is 19.6 Å². The van der Waals surface area contributed by atoms with E-state index < -0.39 is 28.7 Å². The number of aryl methyl sites for hydroxylation is 2. The van der Waals surface area contributed by atoms with E-state index in [2.05, 4.69) is 6.58 Å². The van der Waals surface area contributed by atoms with Gasteiger partial charge in [-0.15, -0.1) is 18.3 Å². The van der Waals surface area contributed by atoms with E-state index in [9.17, 15) is 19.5 Å². The molecule has 0 aromatic heterocycles. The van der Waals surface area contributed by atoms with Crippen LogP contribution in [0.15, 0.2) is 30.9 Å². The van der Waals surface area contributed by atoms with Crippen molar-refractivity contribution in [2.75, 3.05) is 24.7 Å². The monoisotopic (exact) mass is 514 g/mol. The lowest BCUT2D eigenvalue weighted by molar-refractivity contribution is -0.154. The molecule has 0 saturated carbocycles. The third kappa shape index (κ3) is 4.06. The van der Waals surface area contributed by atoms with Gasteiger partial charge in [-0.3, -0.25) is 14.4 Å². The number of rotatable bonds is 9. The molecule has 0 radical (unpaired) electrons. The number of hydrogen-bond acceptors (Lipinski definition) is 6. The molecule has 1 aromatic carbocycles. The van der Waals surface area contributed by atoms with Crippen molar-refractivity contribution >= 4 is 35.2 Å². The van der Waals surface area contributed by atoms with Gasteiger partial charge in [0.25, 0.3) is 5.91 Å². The van der Waals surface area contributed by atoms with Crippen molar-refractivity contribution in [1.29, 1.82) is 0 Å². The molecule has 2 unspecified atom stereocenters. The van der Waals surface area contributed by atoms with Crippen LogP contribution in [0.4, 0.5) is 5.69 Å². The summed E-state index contributed by atoms with van der Waals surface area (Å²) in [5.41, 5.74) is 2.77. The number of fused-ring (bicyclic) bond motifs is 1. The maximum Gasteiger partial charge on any atom is 0.310 e. The van der Waals surface area contributed by atoms with Gasteiger partial charge in [-0.05, 0) is 56.7 Å². The maximum atomic E-state index is 14.6. The van der Waals surface area contributed by atoms with Gasteiger partial charge >= 0.3 is 5.97 Å². The Labute approximate surface area is 218 Å². The van der Waals surface area contributed by atoms with Crippen LogP contribution in [-0.4, -0.2) is 69.6 Å². The molecule has 3 aliphatic heterocycles. The lowest BCUT2D eigenvalue weighted by atomic mass is 9.71. The van der Waals surface area contributed by atoms with E-state index in [4.69, 9.17) is 4.74 Å². The van der Waals surface area contributed by atoms with Gasteiger partial charge in [0, 0.05) is 17.5 Å². The maximum absolute atomic E-state index is 14.6. The number of likely N-dealkylation sites (tertiary alicyclic amines) is 1. The highest BCUT2D eigenvalue weighted by atomic mass is 32.2. The number of ether oxygens (including phenoxy) is 1. The van der Waals surface area contributed by atoms with E-state index in [1.807, 2.05) is 45.9 Å². The molecule has 3 fully saturated rings. The summed E-state index contributed by atoms with van der Waals surface area (Å²) in [7, 11) is 0. The average Bonchev–Trinajstić information content (AvgIpc) is 3.47. The summed E-state index contributed by atoms with van der Waals surface area (Å²) < 4.78 is 4.67. The number of nitrogens with zero attached hydrogens (tertiary/aromatic N) is 2. The van der Waals surface area contributed by atoms with Crippen molar-refractivity contribution in [2.45, 2.75) is 69.5 Å². The predicted octanol–water partition coefficient (Wildman–Crippen LogP) is 3.49. The molecule has 4 rings (SSSR count). The molecule has 8 heteroatoms. The zero-order valence-corrected chi connectivity index (χ0v) is 22.7. The largest absolute Gasteiger partial charge is 0.466 e. The van der Waals surface area contributed by atoms with Crippen LogP contribution in [0.25, 0.3) is 0 Å². The van der Waals surface area contributed by atoms with E-state index in [0.717, 1.165) is 23.2 Å². The molecule has 1 spiro atoms. The minimum atomic E-state index is -0.788. The number of carbonyl (C=O) groups is 3. The minimum Gasteiger partial charge on any atom is -0.466 e. The Bertz CT molecular complexity index is 1060. The summed E-state index contributed by atoms with van der Waals surface area (Å²) in [6.07, 6.45) is 3.13. The van der Waals surface area contributed by atoms with Gasteiger partial charge in [0.15, 0.2) is 0 Å². The SMILES string of the molecule is C=CCN(C(=O)C1N([C@@H](CO)C(C)C)C(=O)[C@@H]2[C@@H](C(=O)OCC)[C@H]3CCC12S3)c1cc(C)ccc1C. The quantitative estimate of drug-likeness (QED) is 0.401. The minimum absolute atomic E-state index is 0.0457. The molecule has 36 heavy (non-hydrogen) atoms. The van der Waals surface area contributed by atoms with E-state index in [0.29, 0.717) is 13.0 Å². The Balaban J connectivity index is 1.85. The molecular weight excluding hydrogens is 476 g/mol.